The van der Waals surface area contributed by atoms with Crippen molar-refractivity contribution in [3.05, 3.63) is 82.9 Å². The van der Waals surface area contributed by atoms with Gasteiger partial charge in [0.15, 0.2) is 11.5 Å². The Morgan fingerprint density at radius 1 is 0.886 bits per heavy atom. The maximum absolute atomic E-state index is 13.7. The van der Waals surface area contributed by atoms with Crippen LogP contribution in [0.2, 0.25) is 0 Å². The number of benzene rings is 3. The van der Waals surface area contributed by atoms with E-state index in [1.807, 2.05) is 81.4 Å². The summed E-state index contributed by atoms with van der Waals surface area (Å²) < 4.78 is 11.0. The highest BCUT2D eigenvalue weighted by Gasteiger charge is 2.41. The van der Waals surface area contributed by atoms with Crippen LogP contribution in [0.25, 0.3) is 0 Å². The molecule has 2 atom stereocenters. The van der Waals surface area contributed by atoms with Gasteiger partial charge < -0.3 is 19.7 Å². The molecule has 1 heterocycles. The third-order valence-electron chi connectivity index (χ3n) is 6.77. The molecule has 1 N–H and O–H groups in total. The number of hydrogen-bond acceptors (Lipinski definition) is 4. The van der Waals surface area contributed by atoms with E-state index in [0.29, 0.717) is 24.3 Å². The van der Waals surface area contributed by atoms with Crippen molar-refractivity contribution in [2.45, 2.75) is 39.7 Å². The normalized spacial score (nSPS) is 17.7. The number of carbonyl (C=O) groups excluding carboxylic acids is 2. The Hall–Kier alpha value is -3.80. The van der Waals surface area contributed by atoms with Crippen LogP contribution in [-0.4, -0.2) is 26.0 Å². The lowest BCUT2D eigenvalue weighted by molar-refractivity contribution is -0.125. The standard InChI is InChI=1S/C29H32N2O4/c1-18-6-11-23(12-7-18)31-27(32)15-13-24(29(33)30-22-10-8-19(2)20(3)16-22)28(31)21-9-14-25(34-4)26(17-21)35-5/h6-12,14,16-17,24,28H,13,15H2,1-5H3,(H,30,33). The van der Waals surface area contributed by atoms with Gasteiger partial charge in [0.2, 0.25) is 11.8 Å². The molecule has 1 aliphatic heterocycles. The molecule has 6 heteroatoms. The number of ether oxygens (including phenoxy) is 2. The number of aryl methyl sites for hydroxylation is 3. The fourth-order valence-electron chi connectivity index (χ4n) is 4.65. The second-order valence-electron chi connectivity index (χ2n) is 9.09. The van der Waals surface area contributed by atoms with E-state index in [9.17, 15) is 9.59 Å². The zero-order valence-electron chi connectivity index (χ0n) is 20.9. The number of hydrogen-bond donors (Lipinski definition) is 1. The van der Waals surface area contributed by atoms with Crippen molar-refractivity contribution in [1.82, 2.24) is 0 Å². The Morgan fingerprint density at radius 2 is 1.60 bits per heavy atom. The minimum Gasteiger partial charge on any atom is -0.493 e. The van der Waals surface area contributed by atoms with Crippen molar-refractivity contribution >= 4 is 23.2 Å². The first-order chi connectivity index (χ1) is 16.8. The molecule has 2 unspecified atom stereocenters. The molecule has 0 radical (unpaired) electrons. The van der Waals surface area contributed by atoms with E-state index in [1.165, 1.54) is 5.56 Å². The lowest BCUT2D eigenvalue weighted by Crippen LogP contribution is -2.47. The van der Waals surface area contributed by atoms with Gasteiger partial charge >= 0.3 is 0 Å². The number of rotatable bonds is 6. The summed E-state index contributed by atoms with van der Waals surface area (Å²) in [6.07, 6.45) is 0.750. The summed E-state index contributed by atoms with van der Waals surface area (Å²) in [5, 5.41) is 3.09. The van der Waals surface area contributed by atoms with Gasteiger partial charge in [-0.2, -0.15) is 0 Å². The predicted molar refractivity (Wildman–Crippen MR) is 138 cm³/mol. The first-order valence-corrected chi connectivity index (χ1v) is 11.8. The number of anilines is 2. The van der Waals surface area contributed by atoms with Crippen molar-refractivity contribution in [1.29, 1.82) is 0 Å². The molecule has 182 valence electrons. The zero-order chi connectivity index (χ0) is 25.1. The van der Waals surface area contributed by atoms with E-state index in [0.717, 1.165) is 28.1 Å². The largest absolute Gasteiger partial charge is 0.493 e. The molecule has 4 rings (SSSR count). The quantitative estimate of drug-likeness (QED) is 0.496. The van der Waals surface area contributed by atoms with E-state index >= 15 is 0 Å². The van der Waals surface area contributed by atoms with Gasteiger partial charge in [0.1, 0.15) is 0 Å². The molecular weight excluding hydrogens is 440 g/mol. The van der Waals surface area contributed by atoms with Crippen LogP contribution >= 0.6 is 0 Å². The van der Waals surface area contributed by atoms with Crippen molar-refractivity contribution in [3.8, 4) is 11.5 Å². The Kier molecular flexibility index (Phi) is 7.10. The number of nitrogens with zero attached hydrogens (tertiary/aromatic N) is 1. The molecule has 0 aliphatic carbocycles. The zero-order valence-corrected chi connectivity index (χ0v) is 20.9. The summed E-state index contributed by atoms with van der Waals surface area (Å²) in [7, 11) is 3.16. The molecule has 0 bridgehead atoms. The summed E-state index contributed by atoms with van der Waals surface area (Å²) in [5.74, 6) is 0.576. The van der Waals surface area contributed by atoms with Crippen LogP contribution in [0.1, 0.15) is 41.1 Å². The smallest absolute Gasteiger partial charge is 0.229 e. The molecule has 1 aliphatic rings. The maximum atomic E-state index is 13.7. The van der Waals surface area contributed by atoms with Gasteiger partial charge in [-0.25, -0.2) is 0 Å². The van der Waals surface area contributed by atoms with E-state index in [-0.39, 0.29) is 11.8 Å². The molecule has 35 heavy (non-hydrogen) atoms. The number of nitrogens with one attached hydrogen (secondary N) is 1. The Bertz CT molecular complexity index is 1240. The molecule has 3 aromatic carbocycles. The van der Waals surface area contributed by atoms with Crippen LogP contribution in [0, 0.1) is 26.7 Å². The van der Waals surface area contributed by atoms with Crippen molar-refractivity contribution < 1.29 is 19.1 Å². The number of methoxy groups -OCH3 is 2. The van der Waals surface area contributed by atoms with E-state index in [1.54, 1.807) is 19.1 Å². The molecule has 0 aromatic heterocycles. The van der Waals surface area contributed by atoms with Gasteiger partial charge in [0.25, 0.3) is 0 Å². The van der Waals surface area contributed by atoms with Gasteiger partial charge in [0.05, 0.1) is 26.2 Å². The average Bonchev–Trinajstić information content (AvgIpc) is 2.86. The molecule has 1 fully saturated rings. The average molecular weight is 473 g/mol. The van der Waals surface area contributed by atoms with Crippen LogP contribution in [0.4, 0.5) is 11.4 Å². The van der Waals surface area contributed by atoms with E-state index in [4.69, 9.17) is 9.47 Å². The topological polar surface area (TPSA) is 67.9 Å². The van der Waals surface area contributed by atoms with Crippen LogP contribution in [0.5, 0.6) is 11.5 Å². The van der Waals surface area contributed by atoms with Crippen LogP contribution < -0.4 is 19.7 Å². The van der Waals surface area contributed by atoms with Gasteiger partial charge in [-0.1, -0.05) is 29.8 Å². The molecule has 3 aromatic rings. The number of piperidine rings is 1. The molecule has 1 saturated heterocycles. The molecule has 2 amide bonds. The van der Waals surface area contributed by atoms with E-state index in [2.05, 4.69) is 5.32 Å². The summed E-state index contributed by atoms with van der Waals surface area (Å²) in [5.41, 5.74) is 5.72. The maximum Gasteiger partial charge on any atom is 0.229 e. The molecule has 0 saturated carbocycles. The highest BCUT2D eigenvalue weighted by atomic mass is 16.5. The summed E-state index contributed by atoms with van der Waals surface area (Å²) >= 11 is 0. The van der Waals surface area contributed by atoms with Gasteiger partial charge in [-0.3, -0.25) is 9.59 Å². The lowest BCUT2D eigenvalue weighted by Gasteiger charge is -2.41. The third kappa shape index (κ3) is 5.02. The van der Waals surface area contributed by atoms with Crippen LogP contribution in [0.15, 0.2) is 60.7 Å². The van der Waals surface area contributed by atoms with Crippen LogP contribution in [0.3, 0.4) is 0 Å². The predicted octanol–water partition coefficient (Wildman–Crippen LogP) is 5.75. The van der Waals surface area contributed by atoms with E-state index < -0.39 is 12.0 Å². The molecular formula is C29H32N2O4. The fraction of sp³-hybridized carbons (Fsp3) is 0.310. The summed E-state index contributed by atoms with van der Waals surface area (Å²) in [6, 6.07) is 18.8. The second-order valence-corrected chi connectivity index (χ2v) is 9.09. The number of amides is 2. The second kappa shape index (κ2) is 10.2. The minimum absolute atomic E-state index is 0.0103. The highest BCUT2D eigenvalue weighted by molar-refractivity contribution is 6.00. The number of carbonyl (C=O) groups is 2. The van der Waals surface area contributed by atoms with Gasteiger partial charge in [0, 0.05) is 17.8 Å². The molecule has 6 nitrogen and oxygen atoms in total. The third-order valence-corrected chi connectivity index (χ3v) is 6.77. The van der Waals surface area contributed by atoms with Gasteiger partial charge in [-0.05, 0) is 80.3 Å². The van der Waals surface area contributed by atoms with Crippen molar-refractivity contribution in [2.75, 3.05) is 24.4 Å². The monoisotopic (exact) mass is 472 g/mol. The van der Waals surface area contributed by atoms with Crippen molar-refractivity contribution in [3.63, 3.8) is 0 Å². The summed E-state index contributed by atoms with van der Waals surface area (Å²) in [4.78, 5) is 28.7. The van der Waals surface area contributed by atoms with Crippen molar-refractivity contribution in [2.24, 2.45) is 5.92 Å². The fourth-order valence-corrected chi connectivity index (χ4v) is 4.65. The van der Waals surface area contributed by atoms with Crippen LogP contribution in [-0.2, 0) is 9.59 Å². The Balaban J connectivity index is 1.77. The first-order valence-electron chi connectivity index (χ1n) is 11.8. The SMILES string of the molecule is COc1ccc(C2C(C(=O)Nc3ccc(C)c(C)c3)CCC(=O)N2c2ccc(C)cc2)cc1OC. The highest BCUT2D eigenvalue weighted by Crippen LogP contribution is 2.43. The Labute approximate surface area is 206 Å². The Morgan fingerprint density at radius 3 is 2.26 bits per heavy atom. The summed E-state index contributed by atoms with van der Waals surface area (Å²) in [6.45, 7) is 6.07. The molecule has 0 spiro atoms. The minimum atomic E-state index is -0.495. The first kappa shape index (κ1) is 24.3. The van der Waals surface area contributed by atoms with Gasteiger partial charge in [-0.15, -0.1) is 0 Å². The lowest BCUT2D eigenvalue weighted by atomic mass is 9.83.